The number of nitrogens with zero attached hydrogens (tertiary/aromatic N) is 3. The van der Waals surface area contributed by atoms with E-state index < -0.39 is 0 Å². The quantitative estimate of drug-likeness (QED) is 0.435. The molecule has 0 aromatic rings. The largest absolute Gasteiger partial charge is 0.744 e. The molecule has 0 saturated carbocycles. The summed E-state index contributed by atoms with van der Waals surface area (Å²) in [5.74, 6) is 0.561. The van der Waals surface area contributed by atoms with Crippen LogP contribution in [-0.2, 0) is 4.74 Å². The van der Waals surface area contributed by atoms with Crippen LogP contribution in [-0.4, -0.2) is 47.6 Å². The average molecular weight is 279 g/mol. The molecule has 1 atom stereocenters. The van der Waals surface area contributed by atoms with Gasteiger partial charge in [0.25, 0.3) is 0 Å². The minimum Gasteiger partial charge on any atom is -0.744 e. The van der Waals surface area contributed by atoms with E-state index in [1.165, 1.54) is 11.8 Å². The molecule has 7 nitrogen and oxygen atoms in total. The lowest BCUT2D eigenvalue weighted by atomic mass is 10.5. The van der Waals surface area contributed by atoms with E-state index in [1.807, 2.05) is 11.1 Å². The predicted octanol–water partition coefficient (Wildman–Crippen LogP) is 0.224. The molecular formula is C8H13ClN5O2S-. The summed E-state index contributed by atoms with van der Waals surface area (Å²) in [7, 11) is 1.81. The molecule has 96 valence electrons. The molecule has 2 aliphatic rings. The Balaban J connectivity index is 2.00. The van der Waals surface area contributed by atoms with E-state index in [0.717, 1.165) is 4.91 Å². The first-order valence-corrected chi connectivity index (χ1v) is 6.27. The third kappa shape index (κ3) is 3.09. The first kappa shape index (κ1) is 12.6. The summed E-state index contributed by atoms with van der Waals surface area (Å²) in [6.45, 7) is 1.42. The van der Waals surface area contributed by atoms with Gasteiger partial charge in [-0.1, -0.05) is 23.4 Å². The maximum absolute atomic E-state index is 10.4. The Morgan fingerprint density at radius 2 is 2.59 bits per heavy atom. The fourth-order valence-electron chi connectivity index (χ4n) is 1.59. The highest BCUT2D eigenvalue weighted by Crippen LogP contribution is 2.28. The highest BCUT2D eigenvalue weighted by atomic mass is 35.5. The van der Waals surface area contributed by atoms with Crippen molar-refractivity contribution in [1.82, 2.24) is 20.7 Å². The molecule has 0 radical (unpaired) electrons. The second-order valence-corrected chi connectivity index (χ2v) is 5.50. The average Bonchev–Trinajstić information content (AvgIpc) is 2.69. The van der Waals surface area contributed by atoms with Crippen molar-refractivity contribution in [2.24, 2.45) is 5.10 Å². The normalized spacial score (nSPS) is 27.1. The third-order valence-electron chi connectivity index (χ3n) is 2.28. The number of nitrogens with one attached hydrogen (secondary N) is 2. The van der Waals surface area contributed by atoms with Crippen molar-refractivity contribution in [3.63, 3.8) is 0 Å². The Hall–Kier alpha value is -0.830. The molecule has 0 aromatic heterocycles. The molecule has 0 amide bonds. The molecule has 2 aliphatic heterocycles. The fourth-order valence-corrected chi connectivity index (χ4v) is 2.76. The molecule has 1 saturated heterocycles. The van der Waals surface area contributed by atoms with Crippen LogP contribution in [0.5, 0.6) is 0 Å². The van der Waals surface area contributed by atoms with E-state index >= 15 is 0 Å². The monoisotopic (exact) mass is 278 g/mol. The van der Waals surface area contributed by atoms with Gasteiger partial charge in [0.2, 0.25) is 5.96 Å². The summed E-state index contributed by atoms with van der Waals surface area (Å²) >= 11 is 7.42. The van der Waals surface area contributed by atoms with Crippen LogP contribution in [0.2, 0.25) is 0 Å². The van der Waals surface area contributed by atoms with Crippen molar-refractivity contribution in [3.05, 3.63) is 16.3 Å². The van der Waals surface area contributed by atoms with Crippen molar-refractivity contribution in [1.29, 1.82) is 0 Å². The lowest BCUT2D eigenvalue weighted by Crippen LogP contribution is -2.50. The van der Waals surface area contributed by atoms with Gasteiger partial charge in [0, 0.05) is 18.2 Å². The standard InChI is InChI=1S/C8H13ClN5O2S/c1-13-4-16-5-14(8(13)11-12-15)3-6-2-10-7(9)17-6/h2,7,10,12H,3-5H2,1H3/q-1/b11-8+. The number of halogens is 1. The number of ether oxygens (including phenoxy) is 1. The maximum atomic E-state index is 10.4. The molecule has 0 bridgehead atoms. The summed E-state index contributed by atoms with van der Waals surface area (Å²) in [6, 6.07) is 0. The van der Waals surface area contributed by atoms with Crippen LogP contribution in [0.4, 0.5) is 0 Å². The molecule has 17 heavy (non-hydrogen) atoms. The van der Waals surface area contributed by atoms with E-state index in [0.29, 0.717) is 26.0 Å². The second-order valence-electron chi connectivity index (χ2n) is 3.57. The SMILES string of the molecule is CN1COCN(CC2=CNC(Cl)S2)/C1=N/N[O-]. The van der Waals surface area contributed by atoms with Crippen LogP contribution in [0.1, 0.15) is 0 Å². The highest BCUT2D eigenvalue weighted by molar-refractivity contribution is 8.05. The lowest BCUT2D eigenvalue weighted by molar-refractivity contribution is -0.0149. The summed E-state index contributed by atoms with van der Waals surface area (Å²) in [5, 5.41) is 17.1. The van der Waals surface area contributed by atoms with Gasteiger partial charge in [-0.3, -0.25) is 0 Å². The van der Waals surface area contributed by atoms with Crippen LogP contribution in [0.3, 0.4) is 0 Å². The minimum atomic E-state index is -0.133. The van der Waals surface area contributed by atoms with Gasteiger partial charge in [-0.2, -0.15) is 5.10 Å². The molecule has 9 heteroatoms. The number of alkyl halides is 1. The molecular weight excluding hydrogens is 266 g/mol. The van der Waals surface area contributed by atoms with E-state index in [-0.39, 0.29) is 4.83 Å². The first-order chi connectivity index (χ1) is 8.20. The molecule has 0 aromatic carbocycles. The van der Waals surface area contributed by atoms with Gasteiger partial charge in [-0.05, 0) is 0 Å². The molecule has 1 unspecified atom stereocenters. The summed E-state index contributed by atoms with van der Waals surface area (Å²) in [6.07, 6.45) is 1.86. The Morgan fingerprint density at radius 3 is 3.24 bits per heavy atom. The van der Waals surface area contributed by atoms with Gasteiger partial charge in [0.1, 0.15) is 13.5 Å². The van der Waals surface area contributed by atoms with Crippen LogP contribution in [0, 0.1) is 5.21 Å². The Labute approximate surface area is 108 Å². The van der Waals surface area contributed by atoms with Gasteiger partial charge in [-0.15, -0.1) is 0 Å². The molecule has 2 heterocycles. The number of thioether (sulfide) groups is 1. The lowest BCUT2D eigenvalue weighted by Gasteiger charge is -2.36. The Morgan fingerprint density at radius 1 is 1.76 bits per heavy atom. The second kappa shape index (κ2) is 5.67. The van der Waals surface area contributed by atoms with Crippen molar-refractivity contribution in [2.45, 2.75) is 4.83 Å². The van der Waals surface area contributed by atoms with Gasteiger partial charge in [-0.25, -0.2) is 0 Å². The molecule has 0 spiro atoms. The number of rotatable bonds is 3. The summed E-state index contributed by atoms with van der Waals surface area (Å²) in [5.41, 5.74) is 1.56. The van der Waals surface area contributed by atoms with E-state index in [4.69, 9.17) is 16.3 Å². The smallest absolute Gasteiger partial charge is 0.221 e. The van der Waals surface area contributed by atoms with E-state index in [1.54, 1.807) is 17.5 Å². The van der Waals surface area contributed by atoms with E-state index in [9.17, 15) is 5.21 Å². The predicted molar refractivity (Wildman–Crippen MR) is 67.7 cm³/mol. The van der Waals surface area contributed by atoms with E-state index in [2.05, 4.69) is 10.4 Å². The van der Waals surface area contributed by atoms with Crippen molar-refractivity contribution in [3.8, 4) is 0 Å². The molecule has 2 N–H and O–H groups in total. The number of guanidine groups is 1. The van der Waals surface area contributed by atoms with Crippen LogP contribution in [0.15, 0.2) is 16.2 Å². The number of hydrogen-bond acceptors (Lipinski definition) is 6. The minimum absolute atomic E-state index is 0.133. The zero-order valence-corrected chi connectivity index (χ0v) is 10.8. The third-order valence-corrected chi connectivity index (χ3v) is 3.56. The Bertz CT molecular complexity index is 340. The van der Waals surface area contributed by atoms with Crippen LogP contribution >= 0.6 is 23.4 Å². The fraction of sp³-hybridized carbons (Fsp3) is 0.625. The van der Waals surface area contributed by atoms with Crippen molar-refractivity contribution < 1.29 is 4.74 Å². The summed E-state index contributed by atoms with van der Waals surface area (Å²) < 4.78 is 5.36. The van der Waals surface area contributed by atoms with Gasteiger partial charge in [0.15, 0.2) is 4.83 Å². The van der Waals surface area contributed by atoms with Gasteiger partial charge in [0.05, 0.1) is 6.54 Å². The van der Waals surface area contributed by atoms with Gasteiger partial charge >= 0.3 is 0 Å². The Kier molecular flexibility index (Phi) is 4.21. The molecule has 1 fully saturated rings. The highest BCUT2D eigenvalue weighted by Gasteiger charge is 2.24. The zero-order valence-electron chi connectivity index (χ0n) is 9.22. The molecule has 0 aliphatic carbocycles. The van der Waals surface area contributed by atoms with Crippen molar-refractivity contribution in [2.75, 3.05) is 27.1 Å². The number of hydrogen-bond donors (Lipinski definition) is 2. The molecule has 2 rings (SSSR count). The first-order valence-electron chi connectivity index (χ1n) is 4.95. The summed E-state index contributed by atoms with van der Waals surface area (Å²) in [4.78, 5) is 4.54. The van der Waals surface area contributed by atoms with Crippen LogP contribution in [0.25, 0.3) is 0 Å². The van der Waals surface area contributed by atoms with Gasteiger partial charge < -0.3 is 30.6 Å². The van der Waals surface area contributed by atoms with Crippen molar-refractivity contribution >= 4 is 29.3 Å². The van der Waals surface area contributed by atoms with Crippen LogP contribution < -0.4 is 10.9 Å². The number of hydrazone groups is 1. The topological polar surface area (TPSA) is 75.2 Å². The zero-order chi connectivity index (χ0) is 12.3. The maximum Gasteiger partial charge on any atom is 0.221 e.